The second kappa shape index (κ2) is 3.87. The number of rotatable bonds is 2. The number of benzene rings is 1. The average molecular weight is 218 g/mol. The Kier molecular flexibility index (Phi) is 3.23. The van der Waals surface area contributed by atoms with Crippen molar-refractivity contribution in [3.63, 3.8) is 0 Å². The van der Waals surface area contributed by atoms with Crippen LogP contribution in [0, 0.1) is 0 Å². The Morgan fingerprint density at radius 3 is 2.38 bits per heavy atom. The van der Waals surface area contributed by atoms with E-state index >= 15 is 0 Å². The maximum absolute atomic E-state index is 6.08. The van der Waals surface area contributed by atoms with E-state index in [4.69, 9.17) is 23.2 Å². The van der Waals surface area contributed by atoms with Crippen molar-refractivity contribution in [1.82, 2.24) is 5.32 Å². The zero-order valence-corrected chi connectivity index (χ0v) is 9.50. The Bertz CT molecular complexity index is 308. The number of hydrogen-bond acceptors (Lipinski definition) is 1. The zero-order chi connectivity index (χ0) is 10.1. The summed E-state index contributed by atoms with van der Waals surface area (Å²) in [6, 6.07) is 5.67. The zero-order valence-electron chi connectivity index (χ0n) is 7.99. The van der Waals surface area contributed by atoms with E-state index in [1.165, 1.54) is 0 Å². The Morgan fingerprint density at radius 2 is 1.85 bits per heavy atom. The van der Waals surface area contributed by atoms with Crippen LogP contribution >= 0.6 is 23.2 Å². The molecular formula is C10H13Cl2N. The molecule has 0 aliphatic heterocycles. The minimum absolute atomic E-state index is 0.151. The summed E-state index contributed by atoms with van der Waals surface area (Å²) in [4.78, 5) is 0. The molecule has 1 rings (SSSR count). The third kappa shape index (κ3) is 2.16. The second-order valence-corrected chi connectivity index (χ2v) is 4.26. The molecule has 1 N–H and O–H groups in total. The molecule has 0 bridgehead atoms. The fraction of sp³-hybridized carbons (Fsp3) is 0.400. The molecule has 72 valence electrons. The minimum Gasteiger partial charge on any atom is -0.311 e. The Hall–Kier alpha value is -0.240. The molecule has 0 saturated heterocycles. The van der Waals surface area contributed by atoms with E-state index in [9.17, 15) is 0 Å². The highest BCUT2D eigenvalue weighted by atomic mass is 35.5. The van der Waals surface area contributed by atoms with Gasteiger partial charge < -0.3 is 5.32 Å². The van der Waals surface area contributed by atoms with Gasteiger partial charge in [0.2, 0.25) is 0 Å². The van der Waals surface area contributed by atoms with E-state index in [0.717, 1.165) is 5.56 Å². The first-order valence-corrected chi connectivity index (χ1v) is 4.88. The van der Waals surface area contributed by atoms with E-state index in [-0.39, 0.29) is 5.54 Å². The topological polar surface area (TPSA) is 12.0 Å². The molecule has 13 heavy (non-hydrogen) atoms. The van der Waals surface area contributed by atoms with Crippen LogP contribution in [0.15, 0.2) is 18.2 Å². The lowest BCUT2D eigenvalue weighted by Crippen LogP contribution is -2.33. The Balaban J connectivity index is 3.22. The van der Waals surface area contributed by atoms with Crippen LogP contribution in [0.25, 0.3) is 0 Å². The van der Waals surface area contributed by atoms with Crippen LogP contribution in [-0.4, -0.2) is 7.05 Å². The molecule has 0 heterocycles. The summed E-state index contributed by atoms with van der Waals surface area (Å²) in [5, 5.41) is 4.41. The molecule has 0 saturated carbocycles. The maximum Gasteiger partial charge on any atom is 0.0642 e. The van der Waals surface area contributed by atoms with Crippen molar-refractivity contribution >= 4 is 23.2 Å². The SMILES string of the molecule is CNC(C)(C)c1cccc(Cl)c1Cl. The summed E-state index contributed by atoms with van der Waals surface area (Å²) < 4.78 is 0. The minimum atomic E-state index is -0.151. The van der Waals surface area contributed by atoms with Gasteiger partial charge in [-0.3, -0.25) is 0 Å². The molecule has 0 fully saturated rings. The monoisotopic (exact) mass is 217 g/mol. The first-order valence-electron chi connectivity index (χ1n) is 4.12. The summed E-state index contributed by atoms with van der Waals surface area (Å²) in [7, 11) is 1.90. The van der Waals surface area contributed by atoms with Crippen molar-refractivity contribution in [1.29, 1.82) is 0 Å². The van der Waals surface area contributed by atoms with E-state index in [1.54, 1.807) is 6.07 Å². The lowest BCUT2D eigenvalue weighted by Gasteiger charge is -2.26. The van der Waals surface area contributed by atoms with Crippen LogP contribution in [-0.2, 0) is 5.54 Å². The van der Waals surface area contributed by atoms with E-state index in [0.29, 0.717) is 10.0 Å². The van der Waals surface area contributed by atoms with Crippen LogP contribution < -0.4 is 5.32 Å². The Labute approximate surface area is 89.0 Å². The maximum atomic E-state index is 6.08. The quantitative estimate of drug-likeness (QED) is 0.801. The Morgan fingerprint density at radius 1 is 1.23 bits per heavy atom. The van der Waals surface area contributed by atoms with Gasteiger partial charge in [0.05, 0.1) is 10.0 Å². The molecule has 0 aliphatic carbocycles. The van der Waals surface area contributed by atoms with Gasteiger partial charge in [-0.25, -0.2) is 0 Å². The van der Waals surface area contributed by atoms with Crippen molar-refractivity contribution in [3.05, 3.63) is 33.8 Å². The standard InChI is InChI=1S/C10H13Cl2N/c1-10(2,13-3)7-5-4-6-8(11)9(7)12/h4-6,13H,1-3H3. The van der Waals surface area contributed by atoms with Gasteiger partial charge in [-0.2, -0.15) is 0 Å². The molecule has 0 amide bonds. The van der Waals surface area contributed by atoms with Gasteiger partial charge >= 0.3 is 0 Å². The molecule has 1 aromatic carbocycles. The summed E-state index contributed by atoms with van der Waals surface area (Å²) in [5.74, 6) is 0. The first-order chi connectivity index (χ1) is 5.99. The molecule has 0 aliphatic rings. The molecule has 0 spiro atoms. The van der Waals surface area contributed by atoms with Gasteiger partial charge in [-0.15, -0.1) is 0 Å². The summed E-state index contributed by atoms with van der Waals surface area (Å²) in [6.07, 6.45) is 0. The normalized spacial score (nSPS) is 11.8. The van der Waals surface area contributed by atoms with Crippen LogP contribution in [0.3, 0.4) is 0 Å². The highest BCUT2D eigenvalue weighted by Crippen LogP contribution is 2.32. The smallest absolute Gasteiger partial charge is 0.0642 e. The van der Waals surface area contributed by atoms with Gasteiger partial charge in [0.1, 0.15) is 0 Å². The molecule has 0 aromatic heterocycles. The number of hydrogen-bond donors (Lipinski definition) is 1. The van der Waals surface area contributed by atoms with E-state index in [1.807, 2.05) is 19.2 Å². The molecule has 1 nitrogen and oxygen atoms in total. The molecule has 0 radical (unpaired) electrons. The molecule has 0 unspecified atom stereocenters. The van der Waals surface area contributed by atoms with Crippen molar-refractivity contribution in [2.75, 3.05) is 7.05 Å². The fourth-order valence-electron chi connectivity index (χ4n) is 1.12. The van der Waals surface area contributed by atoms with Gasteiger partial charge in [0.25, 0.3) is 0 Å². The van der Waals surface area contributed by atoms with Crippen molar-refractivity contribution in [2.45, 2.75) is 19.4 Å². The summed E-state index contributed by atoms with van der Waals surface area (Å²) in [6.45, 7) is 4.12. The third-order valence-electron chi connectivity index (χ3n) is 2.25. The first kappa shape index (κ1) is 10.8. The second-order valence-electron chi connectivity index (χ2n) is 3.48. The van der Waals surface area contributed by atoms with Gasteiger partial charge in [-0.1, -0.05) is 35.3 Å². The summed E-state index contributed by atoms with van der Waals surface area (Å²) in [5.41, 5.74) is 0.867. The van der Waals surface area contributed by atoms with Crippen molar-refractivity contribution in [3.8, 4) is 0 Å². The molecule has 1 aromatic rings. The fourth-order valence-corrected chi connectivity index (χ4v) is 1.66. The highest BCUT2D eigenvalue weighted by molar-refractivity contribution is 6.42. The van der Waals surface area contributed by atoms with Gasteiger partial charge in [0, 0.05) is 5.54 Å². The summed E-state index contributed by atoms with van der Waals surface area (Å²) >= 11 is 12.0. The molecular weight excluding hydrogens is 205 g/mol. The lowest BCUT2D eigenvalue weighted by atomic mass is 9.95. The average Bonchev–Trinajstić information content (AvgIpc) is 2.09. The third-order valence-corrected chi connectivity index (χ3v) is 3.07. The van der Waals surface area contributed by atoms with Gasteiger partial charge in [-0.05, 0) is 32.5 Å². The van der Waals surface area contributed by atoms with Gasteiger partial charge in [0.15, 0.2) is 0 Å². The highest BCUT2D eigenvalue weighted by Gasteiger charge is 2.21. The van der Waals surface area contributed by atoms with Crippen LogP contribution in [0.4, 0.5) is 0 Å². The van der Waals surface area contributed by atoms with Crippen molar-refractivity contribution in [2.24, 2.45) is 0 Å². The number of nitrogens with one attached hydrogen (secondary N) is 1. The van der Waals surface area contributed by atoms with Crippen LogP contribution in [0.2, 0.25) is 10.0 Å². The van der Waals surface area contributed by atoms with Crippen molar-refractivity contribution < 1.29 is 0 Å². The predicted octanol–water partition coefficient (Wildman–Crippen LogP) is 3.45. The number of halogens is 2. The van der Waals surface area contributed by atoms with Crippen LogP contribution in [0.5, 0.6) is 0 Å². The molecule has 0 atom stereocenters. The van der Waals surface area contributed by atoms with E-state index < -0.39 is 0 Å². The van der Waals surface area contributed by atoms with Crippen LogP contribution in [0.1, 0.15) is 19.4 Å². The van der Waals surface area contributed by atoms with E-state index in [2.05, 4.69) is 19.2 Å². The molecule has 3 heteroatoms. The largest absolute Gasteiger partial charge is 0.311 e. The predicted molar refractivity (Wildman–Crippen MR) is 58.5 cm³/mol. The lowest BCUT2D eigenvalue weighted by molar-refractivity contribution is 0.445.